The number of hydrogen-bond acceptors (Lipinski definition) is 8. The predicted octanol–water partition coefficient (Wildman–Crippen LogP) is 4.01. The fraction of sp³-hybridized carbons (Fsp3) is 0.345. The molecule has 5 rings (SSSR count). The summed E-state index contributed by atoms with van der Waals surface area (Å²) < 4.78 is 40.3. The Kier molecular flexibility index (Phi) is 8.80. The lowest BCUT2D eigenvalue weighted by Gasteiger charge is -2.29. The first-order valence-electron chi connectivity index (χ1n) is 13.7. The fourth-order valence-corrected chi connectivity index (χ4v) is 5.28. The monoisotopic (exact) mass is 625 g/mol. The number of carbonyl (C=O) groups excluding carboxylic acids is 2. The van der Waals surface area contributed by atoms with Crippen LogP contribution in [-0.4, -0.2) is 72.8 Å². The molecule has 0 atom stereocenters. The Morgan fingerprint density at radius 1 is 1.14 bits per heavy atom. The number of halogens is 4. The first-order valence-corrected chi connectivity index (χ1v) is 14.1. The van der Waals surface area contributed by atoms with Crippen molar-refractivity contribution in [3.63, 3.8) is 0 Å². The van der Waals surface area contributed by atoms with Gasteiger partial charge in [0.05, 0.1) is 28.0 Å². The highest BCUT2D eigenvalue weighted by atomic mass is 35.5. The molecule has 0 spiro atoms. The maximum Gasteiger partial charge on any atom is 0.455 e. The number of tetrazole rings is 1. The van der Waals surface area contributed by atoms with Gasteiger partial charge in [-0.1, -0.05) is 23.7 Å². The molecule has 0 saturated carbocycles. The molecular formula is C29H27ClF3N9O2. The van der Waals surface area contributed by atoms with E-state index in [9.17, 15) is 28.0 Å². The van der Waals surface area contributed by atoms with Gasteiger partial charge in [-0.25, -0.2) is 4.68 Å². The number of piperidine rings is 1. The van der Waals surface area contributed by atoms with Gasteiger partial charge in [-0.15, -0.1) is 10.2 Å². The van der Waals surface area contributed by atoms with Gasteiger partial charge in [0.2, 0.25) is 0 Å². The number of nitriles is 1. The van der Waals surface area contributed by atoms with E-state index in [4.69, 9.17) is 11.6 Å². The van der Waals surface area contributed by atoms with Crippen molar-refractivity contribution in [3.05, 3.63) is 87.0 Å². The Morgan fingerprint density at radius 2 is 1.86 bits per heavy atom. The Morgan fingerprint density at radius 3 is 2.52 bits per heavy atom. The van der Waals surface area contributed by atoms with Crippen LogP contribution in [0, 0.1) is 18.3 Å². The summed E-state index contributed by atoms with van der Waals surface area (Å²) in [5.41, 5.74) is 2.16. The number of nitrogens with one attached hydrogen (secondary N) is 1. The number of carbonyl (C=O) groups is 2. The summed E-state index contributed by atoms with van der Waals surface area (Å²) in [6, 6.07) is 13.2. The van der Waals surface area contributed by atoms with Crippen LogP contribution in [0.25, 0.3) is 5.69 Å². The molecule has 2 aromatic carbocycles. The minimum atomic E-state index is -4.77. The fourth-order valence-electron chi connectivity index (χ4n) is 5.07. The zero-order valence-electron chi connectivity index (χ0n) is 23.8. The van der Waals surface area contributed by atoms with Crippen molar-refractivity contribution in [2.24, 2.45) is 0 Å². The smallest absolute Gasteiger partial charge is 0.349 e. The number of Topliss-reactive ketones (excluding diaryl/α,β-unsaturated/α-hetero) is 1. The highest BCUT2D eigenvalue weighted by Crippen LogP contribution is 2.27. The zero-order valence-corrected chi connectivity index (χ0v) is 24.5. The molecule has 0 radical (unpaired) electrons. The average molecular weight is 626 g/mol. The summed E-state index contributed by atoms with van der Waals surface area (Å²) in [5.74, 6) is -2.21. The number of aryl methyl sites for hydroxylation is 1. The molecule has 228 valence electrons. The first kappa shape index (κ1) is 30.8. The van der Waals surface area contributed by atoms with E-state index in [0.717, 1.165) is 30.7 Å². The lowest BCUT2D eigenvalue weighted by Crippen LogP contribution is -2.43. The Hall–Kier alpha value is -4.61. The van der Waals surface area contributed by atoms with E-state index < -0.39 is 17.8 Å². The Balaban J connectivity index is 1.48. The van der Waals surface area contributed by atoms with Crippen LogP contribution in [0.5, 0.6) is 0 Å². The van der Waals surface area contributed by atoms with Gasteiger partial charge in [0, 0.05) is 18.0 Å². The molecule has 44 heavy (non-hydrogen) atoms. The molecular weight excluding hydrogens is 599 g/mol. The zero-order chi connectivity index (χ0) is 31.6. The highest BCUT2D eigenvalue weighted by Gasteiger charge is 2.37. The van der Waals surface area contributed by atoms with Gasteiger partial charge in [-0.2, -0.15) is 28.3 Å². The third-order valence-corrected chi connectivity index (χ3v) is 7.69. The number of nitrogens with zero attached hydrogens (tertiary/aromatic N) is 8. The molecule has 0 aliphatic carbocycles. The van der Waals surface area contributed by atoms with E-state index in [1.807, 2.05) is 7.05 Å². The van der Waals surface area contributed by atoms with Crippen LogP contribution in [0.2, 0.25) is 5.02 Å². The van der Waals surface area contributed by atoms with Crippen LogP contribution in [-0.2, 0) is 19.1 Å². The van der Waals surface area contributed by atoms with E-state index >= 15 is 0 Å². The molecule has 1 aliphatic rings. The molecule has 11 nitrogen and oxygen atoms in total. The molecule has 1 aliphatic heterocycles. The normalized spacial score (nSPS) is 14.4. The lowest BCUT2D eigenvalue weighted by atomic mass is 9.93. The molecule has 3 heterocycles. The molecule has 15 heteroatoms. The number of likely N-dealkylation sites (tertiary alicyclic amines) is 1. The maximum absolute atomic E-state index is 13.9. The van der Waals surface area contributed by atoms with E-state index in [1.54, 1.807) is 37.3 Å². The van der Waals surface area contributed by atoms with Crippen molar-refractivity contribution < 1.29 is 22.8 Å². The Bertz CT molecular complexity index is 1750. The standard InChI is InChI=1S/C29H27ClF3N9O2/c1-17-11-18(15-34)12-22(27(44)35-19-7-9-40(2)10-8-19)21(17)14-26(43)25-13-20(16-41-38-28(36-39-41)29(31,32)33)37-42(25)24-6-4-3-5-23(24)30/h3-6,11-13,19H,7-10,14,16H2,1-2H3,(H,35,44). The van der Waals surface area contributed by atoms with Crippen molar-refractivity contribution in [1.82, 2.24) is 40.2 Å². The van der Waals surface area contributed by atoms with Gasteiger partial charge in [-0.05, 0) is 86.6 Å². The van der Waals surface area contributed by atoms with E-state index in [2.05, 4.69) is 36.8 Å². The largest absolute Gasteiger partial charge is 0.455 e. The van der Waals surface area contributed by atoms with Crippen LogP contribution in [0.1, 0.15) is 61.9 Å². The van der Waals surface area contributed by atoms with Crippen LogP contribution in [0.3, 0.4) is 0 Å². The van der Waals surface area contributed by atoms with Gasteiger partial charge < -0.3 is 10.2 Å². The molecule has 4 aromatic rings. The van der Waals surface area contributed by atoms with E-state index in [-0.39, 0.29) is 52.5 Å². The molecule has 1 amide bonds. The summed E-state index contributed by atoms with van der Waals surface area (Å²) in [6.45, 7) is 3.09. The summed E-state index contributed by atoms with van der Waals surface area (Å²) in [6.07, 6.45) is -3.44. The van der Waals surface area contributed by atoms with Crippen molar-refractivity contribution in [3.8, 4) is 11.8 Å². The summed E-state index contributed by atoms with van der Waals surface area (Å²) >= 11 is 6.42. The van der Waals surface area contributed by atoms with Crippen molar-refractivity contribution in [1.29, 1.82) is 5.26 Å². The molecule has 1 saturated heterocycles. The number of alkyl halides is 3. The van der Waals surface area contributed by atoms with E-state index in [1.165, 1.54) is 16.8 Å². The number of hydrogen-bond donors (Lipinski definition) is 1. The molecule has 0 unspecified atom stereocenters. The minimum absolute atomic E-state index is 0.0410. The van der Waals surface area contributed by atoms with Crippen molar-refractivity contribution >= 4 is 23.3 Å². The second kappa shape index (κ2) is 12.6. The van der Waals surface area contributed by atoms with Gasteiger partial charge in [0.25, 0.3) is 11.7 Å². The SMILES string of the molecule is Cc1cc(C#N)cc(C(=O)NC2CCN(C)CC2)c1CC(=O)c1cc(Cn2nnc(C(F)(F)F)n2)nn1-c1ccccc1Cl. The number of amides is 1. The minimum Gasteiger partial charge on any atom is -0.349 e. The average Bonchev–Trinajstić information content (AvgIpc) is 3.63. The number of benzene rings is 2. The van der Waals surface area contributed by atoms with Gasteiger partial charge in [0.1, 0.15) is 12.2 Å². The molecule has 2 aromatic heterocycles. The molecule has 1 N–H and O–H groups in total. The topological polar surface area (TPSA) is 135 Å². The Labute approximate surface area is 255 Å². The predicted molar refractivity (Wildman–Crippen MR) is 152 cm³/mol. The van der Waals surface area contributed by atoms with Gasteiger partial charge >= 0.3 is 6.18 Å². The van der Waals surface area contributed by atoms with Crippen LogP contribution < -0.4 is 5.32 Å². The van der Waals surface area contributed by atoms with E-state index in [0.29, 0.717) is 16.8 Å². The van der Waals surface area contributed by atoms with Gasteiger partial charge in [-0.3, -0.25) is 9.59 Å². The van der Waals surface area contributed by atoms with Crippen LogP contribution >= 0.6 is 11.6 Å². The highest BCUT2D eigenvalue weighted by molar-refractivity contribution is 6.32. The van der Waals surface area contributed by atoms with Crippen LogP contribution in [0.15, 0.2) is 42.5 Å². The lowest BCUT2D eigenvalue weighted by molar-refractivity contribution is -0.145. The first-order chi connectivity index (χ1) is 20.9. The molecule has 0 bridgehead atoms. The van der Waals surface area contributed by atoms with Crippen molar-refractivity contribution in [2.75, 3.05) is 20.1 Å². The summed E-state index contributed by atoms with van der Waals surface area (Å²) in [7, 11) is 2.02. The quantitative estimate of drug-likeness (QED) is 0.290. The van der Waals surface area contributed by atoms with Crippen LogP contribution in [0.4, 0.5) is 13.2 Å². The van der Waals surface area contributed by atoms with Gasteiger partial charge in [0.15, 0.2) is 5.78 Å². The van der Waals surface area contributed by atoms with Crippen molar-refractivity contribution in [2.45, 2.75) is 44.9 Å². The second-order valence-electron chi connectivity index (χ2n) is 10.6. The number of aromatic nitrogens is 6. The molecule has 1 fully saturated rings. The maximum atomic E-state index is 13.9. The number of ketones is 1. The number of rotatable bonds is 8. The number of para-hydroxylation sites is 1. The third kappa shape index (κ3) is 6.79. The third-order valence-electron chi connectivity index (χ3n) is 7.37. The second-order valence-corrected chi connectivity index (χ2v) is 11.0. The summed E-state index contributed by atoms with van der Waals surface area (Å²) in [5, 5.41) is 27.2. The summed E-state index contributed by atoms with van der Waals surface area (Å²) in [4.78, 5) is 30.3.